The van der Waals surface area contributed by atoms with Crippen LogP contribution in [0.5, 0.6) is 17.2 Å². The summed E-state index contributed by atoms with van der Waals surface area (Å²) in [5, 5.41) is 3.49. The highest BCUT2D eigenvalue weighted by Gasteiger charge is 2.13. The van der Waals surface area contributed by atoms with E-state index in [1.165, 1.54) is 0 Å². The number of hydrogen-bond donors (Lipinski definition) is 1. The second-order valence-electron chi connectivity index (χ2n) is 5.34. The standard InChI is InChI=1S/C18H18ClNO4/c19-14-2-1-3-15(11-14)22-9-7-18(21)20-8-6-13-4-5-16-17(10-13)24-12-23-16/h1-5,10-11H,6-9,12H2,(H,20,21). The van der Waals surface area contributed by atoms with Crippen LogP contribution in [-0.4, -0.2) is 25.9 Å². The Labute approximate surface area is 145 Å². The van der Waals surface area contributed by atoms with Crippen LogP contribution < -0.4 is 19.5 Å². The predicted octanol–water partition coefficient (Wildman–Crippen LogP) is 3.20. The fraction of sp³-hybridized carbons (Fsp3) is 0.278. The van der Waals surface area contributed by atoms with Crippen molar-refractivity contribution in [2.75, 3.05) is 19.9 Å². The highest BCUT2D eigenvalue weighted by Crippen LogP contribution is 2.32. The van der Waals surface area contributed by atoms with E-state index in [1.807, 2.05) is 30.3 Å². The molecule has 0 spiro atoms. The summed E-state index contributed by atoms with van der Waals surface area (Å²) >= 11 is 5.87. The first-order chi connectivity index (χ1) is 11.7. The van der Waals surface area contributed by atoms with Crippen LogP contribution in [0.1, 0.15) is 12.0 Å². The Balaban J connectivity index is 1.35. The monoisotopic (exact) mass is 347 g/mol. The zero-order chi connectivity index (χ0) is 16.8. The van der Waals surface area contributed by atoms with Crippen LogP contribution >= 0.6 is 11.6 Å². The minimum Gasteiger partial charge on any atom is -0.493 e. The van der Waals surface area contributed by atoms with E-state index in [4.69, 9.17) is 25.8 Å². The molecule has 3 rings (SSSR count). The number of ether oxygens (including phenoxy) is 3. The van der Waals surface area contributed by atoms with E-state index in [0.717, 1.165) is 23.5 Å². The predicted molar refractivity (Wildman–Crippen MR) is 90.8 cm³/mol. The van der Waals surface area contributed by atoms with Crippen molar-refractivity contribution in [2.24, 2.45) is 0 Å². The lowest BCUT2D eigenvalue weighted by atomic mass is 10.1. The summed E-state index contributed by atoms with van der Waals surface area (Å²) in [7, 11) is 0. The molecule has 1 N–H and O–H groups in total. The summed E-state index contributed by atoms with van der Waals surface area (Å²) in [6.45, 7) is 1.15. The molecule has 126 valence electrons. The molecule has 2 aromatic rings. The van der Waals surface area contributed by atoms with Gasteiger partial charge in [-0.15, -0.1) is 0 Å². The third kappa shape index (κ3) is 4.55. The van der Waals surface area contributed by atoms with E-state index in [2.05, 4.69) is 5.32 Å². The molecule has 5 nitrogen and oxygen atoms in total. The number of carbonyl (C=O) groups excluding carboxylic acids is 1. The van der Waals surface area contributed by atoms with Gasteiger partial charge in [-0.2, -0.15) is 0 Å². The molecule has 0 aromatic heterocycles. The number of amides is 1. The van der Waals surface area contributed by atoms with E-state index in [1.54, 1.807) is 12.1 Å². The molecule has 0 radical (unpaired) electrons. The molecular formula is C18H18ClNO4. The molecule has 0 bridgehead atoms. The van der Waals surface area contributed by atoms with Crippen LogP contribution in [0.15, 0.2) is 42.5 Å². The van der Waals surface area contributed by atoms with Crippen LogP contribution in [0, 0.1) is 0 Å². The van der Waals surface area contributed by atoms with Crippen LogP contribution in [0.25, 0.3) is 0 Å². The zero-order valence-electron chi connectivity index (χ0n) is 13.1. The number of nitrogens with one attached hydrogen (secondary N) is 1. The van der Waals surface area contributed by atoms with E-state index in [-0.39, 0.29) is 12.7 Å². The maximum atomic E-state index is 11.8. The average molecular weight is 348 g/mol. The number of fused-ring (bicyclic) bond motifs is 1. The quantitative estimate of drug-likeness (QED) is 0.835. The van der Waals surface area contributed by atoms with Crippen molar-refractivity contribution in [3.63, 3.8) is 0 Å². The number of carbonyl (C=O) groups is 1. The maximum absolute atomic E-state index is 11.8. The first kappa shape index (κ1) is 16.5. The van der Waals surface area contributed by atoms with Gasteiger partial charge in [0.25, 0.3) is 0 Å². The molecule has 0 atom stereocenters. The van der Waals surface area contributed by atoms with Gasteiger partial charge in [0.05, 0.1) is 13.0 Å². The number of rotatable bonds is 7. The van der Waals surface area contributed by atoms with Gasteiger partial charge >= 0.3 is 0 Å². The molecule has 24 heavy (non-hydrogen) atoms. The summed E-state index contributed by atoms with van der Waals surface area (Å²) in [5.74, 6) is 2.14. The van der Waals surface area contributed by atoms with Gasteiger partial charge in [-0.1, -0.05) is 23.7 Å². The maximum Gasteiger partial charge on any atom is 0.231 e. The van der Waals surface area contributed by atoms with Gasteiger partial charge in [0.1, 0.15) is 5.75 Å². The Hall–Kier alpha value is -2.40. The Morgan fingerprint density at radius 2 is 2.04 bits per heavy atom. The molecule has 0 aliphatic carbocycles. The molecular weight excluding hydrogens is 330 g/mol. The SMILES string of the molecule is O=C(CCOc1cccc(Cl)c1)NCCc1ccc2c(c1)OCO2. The molecule has 6 heteroatoms. The van der Waals surface area contributed by atoms with Gasteiger partial charge in [0.2, 0.25) is 12.7 Å². The summed E-state index contributed by atoms with van der Waals surface area (Å²) in [6.07, 6.45) is 1.03. The summed E-state index contributed by atoms with van der Waals surface area (Å²) in [4.78, 5) is 11.8. The molecule has 1 aliphatic rings. The van der Waals surface area contributed by atoms with E-state index < -0.39 is 0 Å². The van der Waals surface area contributed by atoms with Crippen LogP contribution in [-0.2, 0) is 11.2 Å². The Morgan fingerprint density at radius 1 is 1.17 bits per heavy atom. The Bertz CT molecular complexity index is 720. The van der Waals surface area contributed by atoms with Gasteiger partial charge in [-0.25, -0.2) is 0 Å². The van der Waals surface area contributed by atoms with Crippen molar-refractivity contribution < 1.29 is 19.0 Å². The first-order valence-corrected chi connectivity index (χ1v) is 8.12. The fourth-order valence-electron chi connectivity index (χ4n) is 2.35. The van der Waals surface area contributed by atoms with E-state index in [0.29, 0.717) is 30.3 Å². The van der Waals surface area contributed by atoms with Crippen LogP contribution in [0.2, 0.25) is 5.02 Å². The molecule has 1 amide bonds. The largest absolute Gasteiger partial charge is 0.493 e. The van der Waals surface area contributed by atoms with E-state index >= 15 is 0 Å². The minimum atomic E-state index is -0.0437. The van der Waals surface area contributed by atoms with Crippen LogP contribution in [0.3, 0.4) is 0 Å². The van der Waals surface area contributed by atoms with Gasteiger partial charge in [-0.3, -0.25) is 4.79 Å². The highest BCUT2D eigenvalue weighted by atomic mass is 35.5. The van der Waals surface area contributed by atoms with Gasteiger partial charge in [-0.05, 0) is 42.3 Å². The molecule has 2 aromatic carbocycles. The molecule has 0 saturated carbocycles. The average Bonchev–Trinajstić information content (AvgIpc) is 3.03. The lowest BCUT2D eigenvalue weighted by molar-refractivity contribution is -0.121. The summed E-state index contributed by atoms with van der Waals surface area (Å²) in [6, 6.07) is 12.9. The molecule has 0 fully saturated rings. The lowest BCUT2D eigenvalue weighted by Crippen LogP contribution is -2.27. The van der Waals surface area contributed by atoms with Gasteiger partial charge < -0.3 is 19.5 Å². The normalized spacial score (nSPS) is 12.0. The second-order valence-corrected chi connectivity index (χ2v) is 5.78. The van der Waals surface area contributed by atoms with Crippen molar-refractivity contribution in [1.82, 2.24) is 5.32 Å². The Morgan fingerprint density at radius 3 is 2.92 bits per heavy atom. The molecule has 0 unspecified atom stereocenters. The number of hydrogen-bond acceptors (Lipinski definition) is 4. The minimum absolute atomic E-state index is 0.0437. The number of halogens is 1. The molecule has 1 aliphatic heterocycles. The van der Waals surface area contributed by atoms with Crippen molar-refractivity contribution >= 4 is 17.5 Å². The highest BCUT2D eigenvalue weighted by molar-refractivity contribution is 6.30. The topological polar surface area (TPSA) is 56.8 Å². The molecule has 0 saturated heterocycles. The summed E-state index contributed by atoms with van der Waals surface area (Å²) in [5.41, 5.74) is 1.09. The zero-order valence-corrected chi connectivity index (χ0v) is 13.8. The Kier molecular flexibility index (Phi) is 5.43. The van der Waals surface area contributed by atoms with Crippen molar-refractivity contribution in [2.45, 2.75) is 12.8 Å². The first-order valence-electron chi connectivity index (χ1n) is 7.74. The van der Waals surface area contributed by atoms with Crippen molar-refractivity contribution in [1.29, 1.82) is 0 Å². The van der Waals surface area contributed by atoms with Gasteiger partial charge in [0.15, 0.2) is 11.5 Å². The number of benzene rings is 2. The third-order valence-electron chi connectivity index (χ3n) is 3.57. The second kappa shape index (κ2) is 7.93. The lowest BCUT2D eigenvalue weighted by Gasteiger charge is -2.08. The fourth-order valence-corrected chi connectivity index (χ4v) is 2.53. The third-order valence-corrected chi connectivity index (χ3v) is 3.80. The van der Waals surface area contributed by atoms with Crippen molar-refractivity contribution in [3.8, 4) is 17.2 Å². The smallest absolute Gasteiger partial charge is 0.231 e. The van der Waals surface area contributed by atoms with Crippen molar-refractivity contribution in [3.05, 3.63) is 53.1 Å². The van der Waals surface area contributed by atoms with Crippen LogP contribution in [0.4, 0.5) is 0 Å². The van der Waals surface area contributed by atoms with E-state index in [9.17, 15) is 4.79 Å². The van der Waals surface area contributed by atoms with Gasteiger partial charge in [0, 0.05) is 11.6 Å². The molecule has 1 heterocycles. The summed E-state index contributed by atoms with van der Waals surface area (Å²) < 4.78 is 16.1.